The van der Waals surface area contributed by atoms with Crippen LogP contribution < -0.4 is 0 Å². The molecule has 1 heterocycles. The highest BCUT2D eigenvalue weighted by Crippen LogP contribution is 2.27. The van der Waals surface area contributed by atoms with Crippen molar-refractivity contribution < 1.29 is 14.6 Å². The zero-order valence-corrected chi connectivity index (χ0v) is 11.8. The van der Waals surface area contributed by atoms with Crippen LogP contribution in [0, 0.1) is 6.92 Å². The van der Waals surface area contributed by atoms with Gasteiger partial charge in [0.1, 0.15) is 5.75 Å². The minimum atomic E-state index is -0.388. The van der Waals surface area contributed by atoms with Crippen LogP contribution in [0.25, 0.3) is 11.3 Å². The molecule has 0 atom stereocenters. The first-order valence-corrected chi connectivity index (χ1v) is 6.28. The standard InChI is InChI=1S/C14H13ClN2O3/c1-8-11(7-12(19)20-2)13(17-14(15)16-8)9-4-3-5-10(18)6-9/h3-6,18H,7H2,1-2H3. The molecule has 104 valence electrons. The number of hydrogen-bond donors (Lipinski definition) is 1. The van der Waals surface area contributed by atoms with Gasteiger partial charge in [0.2, 0.25) is 5.28 Å². The molecule has 0 saturated carbocycles. The molecule has 0 unspecified atom stereocenters. The number of benzene rings is 1. The molecule has 0 spiro atoms. The van der Waals surface area contributed by atoms with E-state index in [1.165, 1.54) is 7.11 Å². The number of nitrogens with zero attached hydrogens (tertiary/aromatic N) is 2. The van der Waals surface area contributed by atoms with Gasteiger partial charge in [0, 0.05) is 16.8 Å². The number of aromatic nitrogens is 2. The molecule has 6 heteroatoms. The highest BCUT2D eigenvalue weighted by Gasteiger charge is 2.16. The van der Waals surface area contributed by atoms with Crippen molar-refractivity contribution in [1.82, 2.24) is 9.97 Å². The van der Waals surface area contributed by atoms with Crippen molar-refractivity contribution in [2.45, 2.75) is 13.3 Å². The summed E-state index contributed by atoms with van der Waals surface area (Å²) in [5.41, 5.74) is 2.42. The van der Waals surface area contributed by atoms with E-state index in [-0.39, 0.29) is 23.4 Å². The Morgan fingerprint density at radius 2 is 2.15 bits per heavy atom. The molecule has 1 N–H and O–H groups in total. The molecular weight excluding hydrogens is 280 g/mol. The fraction of sp³-hybridized carbons (Fsp3) is 0.214. The number of esters is 1. The van der Waals surface area contributed by atoms with Gasteiger partial charge >= 0.3 is 5.97 Å². The quantitative estimate of drug-likeness (QED) is 0.695. The normalized spacial score (nSPS) is 10.3. The minimum absolute atomic E-state index is 0.0461. The van der Waals surface area contributed by atoms with Crippen molar-refractivity contribution in [1.29, 1.82) is 0 Å². The number of rotatable bonds is 3. The number of halogens is 1. The highest BCUT2D eigenvalue weighted by atomic mass is 35.5. The van der Waals surface area contributed by atoms with Gasteiger partial charge in [-0.3, -0.25) is 4.79 Å². The van der Waals surface area contributed by atoms with Crippen LogP contribution in [0.15, 0.2) is 24.3 Å². The van der Waals surface area contributed by atoms with Gasteiger partial charge in [0.15, 0.2) is 0 Å². The van der Waals surface area contributed by atoms with Crippen LogP contribution in [0.1, 0.15) is 11.3 Å². The lowest BCUT2D eigenvalue weighted by molar-refractivity contribution is -0.139. The average molecular weight is 293 g/mol. The molecule has 0 aliphatic rings. The Hall–Kier alpha value is -2.14. The van der Waals surface area contributed by atoms with Crippen LogP contribution in [0.3, 0.4) is 0 Å². The van der Waals surface area contributed by atoms with Gasteiger partial charge in [-0.15, -0.1) is 0 Å². The third-order valence-corrected chi connectivity index (χ3v) is 3.02. The van der Waals surface area contributed by atoms with E-state index in [2.05, 4.69) is 14.7 Å². The van der Waals surface area contributed by atoms with Crippen molar-refractivity contribution in [3.8, 4) is 17.0 Å². The fourth-order valence-electron chi connectivity index (χ4n) is 1.88. The number of phenols is 1. The van der Waals surface area contributed by atoms with E-state index in [1.54, 1.807) is 31.2 Å². The summed E-state index contributed by atoms with van der Waals surface area (Å²) >= 11 is 5.88. The predicted octanol–water partition coefficient (Wildman–Crippen LogP) is 2.53. The molecule has 0 fully saturated rings. The maximum Gasteiger partial charge on any atom is 0.310 e. The molecule has 1 aromatic heterocycles. The van der Waals surface area contributed by atoms with Crippen LogP contribution in [-0.2, 0) is 16.0 Å². The van der Waals surface area contributed by atoms with Crippen LogP contribution in [0.2, 0.25) is 5.28 Å². The number of phenolic OH excluding ortho intramolecular Hbond substituents is 1. The maximum atomic E-state index is 11.5. The first kappa shape index (κ1) is 14.3. The summed E-state index contributed by atoms with van der Waals surface area (Å²) in [7, 11) is 1.32. The molecule has 5 nitrogen and oxygen atoms in total. The number of carbonyl (C=O) groups excluding carboxylic acids is 1. The van der Waals surface area contributed by atoms with E-state index in [9.17, 15) is 9.90 Å². The van der Waals surface area contributed by atoms with Crippen LogP contribution >= 0.6 is 11.6 Å². The predicted molar refractivity (Wildman–Crippen MR) is 74.6 cm³/mol. The molecule has 0 amide bonds. The van der Waals surface area contributed by atoms with Gasteiger partial charge in [-0.1, -0.05) is 12.1 Å². The summed E-state index contributed by atoms with van der Waals surface area (Å²) < 4.78 is 4.68. The van der Waals surface area contributed by atoms with E-state index in [0.717, 1.165) is 0 Å². The second-order valence-electron chi connectivity index (χ2n) is 4.21. The Kier molecular flexibility index (Phi) is 4.20. The molecule has 2 aromatic rings. The van der Waals surface area contributed by atoms with Gasteiger partial charge in [0.05, 0.1) is 19.2 Å². The second-order valence-corrected chi connectivity index (χ2v) is 4.55. The zero-order chi connectivity index (χ0) is 14.7. The van der Waals surface area contributed by atoms with E-state index in [1.807, 2.05) is 0 Å². The largest absolute Gasteiger partial charge is 0.508 e. The maximum absolute atomic E-state index is 11.5. The number of aromatic hydroxyl groups is 1. The van der Waals surface area contributed by atoms with E-state index < -0.39 is 0 Å². The summed E-state index contributed by atoms with van der Waals surface area (Å²) in [5.74, 6) is -0.278. The van der Waals surface area contributed by atoms with Crippen molar-refractivity contribution in [2.75, 3.05) is 7.11 Å². The van der Waals surface area contributed by atoms with E-state index in [0.29, 0.717) is 22.5 Å². The second kappa shape index (κ2) is 5.88. The third-order valence-electron chi connectivity index (χ3n) is 2.85. The molecule has 0 saturated heterocycles. The lowest BCUT2D eigenvalue weighted by atomic mass is 10.0. The summed E-state index contributed by atoms with van der Waals surface area (Å²) in [5, 5.41) is 9.66. The van der Waals surface area contributed by atoms with Crippen molar-refractivity contribution in [2.24, 2.45) is 0 Å². The molecule has 1 aromatic carbocycles. The Labute approximate surface area is 121 Å². The summed E-state index contributed by atoms with van der Waals surface area (Å²) in [6.45, 7) is 1.75. The first-order valence-electron chi connectivity index (χ1n) is 5.90. The fourth-order valence-corrected chi connectivity index (χ4v) is 2.09. The number of carbonyl (C=O) groups is 1. The van der Waals surface area contributed by atoms with Gasteiger partial charge in [-0.05, 0) is 30.7 Å². The molecule has 0 radical (unpaired) electrons. The Balaban J connectivity index is 2.58. The minimum Gasteiger partial charge on any atom is -0.508 e. The van der Waals surface area contributed by atoms with Gasteiger partial charge in [-0.25, -0.2) is 9.97 Å². The summed E-state index contributed by atoms with van der Waals surface area (Å²) in [4.78, 5) is 19.7. The van der Waals surface area contributed by atoms with Gasteiger partial charge < -0.3 is 9.84 Å². The van der Waals surface area contributed by atoms with Crippen LogP contribution in [-0.4, -0.2) is 28.2 Å². The lowest BCUT2D eigenvalue weighted by Crippen LogP contribution is -2.09. The van der Waals surface area contributed by atoms with Crippen LogP contribution in [0.4, 0.5) is 0 Å². The molecular formula is C14H13ClN2O3. The van der Waals surface area contributed by atoms with Gasteiger partial charge in [0.25, 0.3) is 0 Å². The number of aryl methyl sites for hydroxylation is 1. The van der Waals surface area contributed by atoms with E-state index in [4.69, 9.17) is 11.6 Å². The number of hydrogen-bond acceptors (Lipinski definition) is 5. The first-order chi connectivity index (χ1) is 9.51. The van der Waals surface area contributed by atoms with Crippen molar-refractivity contribution >= 4 is 17.6 Å². The molecule has 0 bridgehead atoms. The lowest BCUT2D eigenvalue weighted by Gasteiger charge is -2.11. The molecule has 20 heavy (non-hydrogen) atoms. The average Bonchev–Trinajstić information content (AvgIpc) is 2.41. The third kappa shape index (κ3) is 3.05. The monoisotopic (exact) mass is 292 g/mol. The Morgan fingerprint density at radius 3 is 2.80 bits per heavy atom. The Morgan fingerprint density at radius 1 is 1.40 bits per heavy atom. The number of ether oxygens (including phenoxy) is 1. The van der Waals surface area contributed by atoms with Crippen molar-refractivity contribution in [3.05, 3.63) is 40.8 Å². The summed E-state index contributed by atoms with van der Waals surface area (Å²) in [6.07, 6.45) is 0.0461. The SMILES string of the molecule is COC(=O)Cc1c(C)nc(Cl)nc1-c1cccc(O)c1. The smallest absolute Gasteiger partial charge is 0.310 e. The molecule has 0 aliphatic carbocycles. The number of methoxy groups -OCH3 is 1. The zero-order valence-electron chi connectivity index (χ0n) is 11.1. The highest BCUT2D eigenvalue weighted by molar-refractivity contribution is 6.28. The van der Waals surface area contributed by atoms with E-state index >= 15 is 0 Å². The topological polar surface area (TPSA) is 72.3 Å². The summed E-state index contributed by atoms with van der Waals surface area (Å²) in [6, 6.07) is 6.58. The van der Waals surface area contributed by atoms with Gasteiger partial charge in [-0.2, -0.15) is 0 Å². The van der Waals surface area contributed by atoms with Crippen LogP contribution in [0.5, 0.6) is 5.75 Å². The molecule has 2 rings (SSSR count). The molecule has 0 aliphatic heterocycles. The Bertz CT molecular complexity index is 659. The van der Waals surface area contributed by atoms with Crippen molar-refractivity contribution in [3.63, 3.8) is 0 Å².